The number of carbonyl (C=O) groups is 2. The zero-order valence-corrected chi connectivity index (χ0v) is 16.2. The third kappa shape index (κ3) is 1.78. The SMILES string of the molecule is CC(=O)N1c2ccccc2C23CCN(C)[C@@H]2C[C@H]2C4=C(COC4=O)OC[C@H]2[C@H]13. The van der Waals surface area contributed by atoms with E-state index >= 15 is 0 Å². The third-order valence-corrected chi connectivity index (χ3v) is 7.89. The number of esters is 1. The van der Waals surface area contributed by atoms with Gasteiger partial charge in [-0.25, -0.2) is 4.79 Å². The van der Waals surface area contributed by atoms with Gasteiger partial charge in [0, 0.05) is 35.9 Å². The van der Waals surface area contributed by atoms with Crippen LogP contribution in [-0.4, -0.2) is 55.7 Å². The largest absolute Gasteiger partial charge is 0.493 e. The normalized spacial score (nSPS) is 38.2. The second kappa shape index (κ2) is 5.38. The lowest BCUT2D eigenvalue weighted by molar-refractivity contribution is -0.136. The number of hydrogen-bond donors (Lipinski definition) is 0. The average Bonchev–Trinajstić information content (AvgIpc) is 3.32. The number of anilines is 1. The molecule has 1 saturated heterocycles. The van der Waals surface area contributed by atoms with Gasteiger partial charge in [0.2, 0.25) is 5.91 Å². The number of nitrogens with zero attached hydrogens (tertiary/aromatic N) is 2. The standard InChI is InChI=1S/C22H24N2O4/c1-12(25)24-16-6-4-3-5-15(16)22-7-8-23(2)18(22)9-13-14(20(22)24)10-27-17-11-28-21(26)19(13)17/h3-6,13-14,18,20H,7-11H2,1-2H3/t13-,14-,18-,20+,22?/m1/s1. The molecule has 0 radical (unpaired) electrons. The second-order valence-electron chi connectivity index (χ2n) is 8.87. The molecule has 6 nitrogen and oxygen atoms in total. The Morgan fingerprint density at radius 2 is 2.07 bits per heavy atom. The van der Waals surface area contributed by atoms with E-state index in [-0.39, 0.29) is 41.8 Å². The van der Waals surface area contributed by atoms with Crippen LogP contribution in [-0.2, 0) is 24.5 Å². The first-order valence-electron chi connectivity index (χ1n) is 10.2. The zero-order chi connectivity index (χ0) is 19.2. The van der Waals surface area contributed by atoms with Crippen molar-refractivity contribution in [3.8, 4) is 0 Å². The van der Waals surface area contributed by atoms with Crippen molar-refractivity contribution in [2.45, 2.75) is 37.3 Å². The number of fused-ring (bicyclic) bond motifs is 4. The molecule has 1 aromatic rings. The fourth-order valence-electron chi connectivity index (χ4n) is 6.93. The molecule has 0 bridgehead atoms. The van der Waals surface area contributed by atoms with Crippen molar-refractivity contribution < 1.29 is 19.1 Å². The van der Waals surface area contributed by atoms with Crippen LogP contribution in [0.15, 0.2) is 35.6 Å². The fourth-order valence-corrected chi connectivity index (χ4v) is 6.93. The van der Waals surface area contributed by atoms with Gasteiger partial charge in [-0.2, -0.15) is 0 Å². The topological polar surface area (TPSA) is 59.1 Å². The lowest BCUT2D eigenvalue weighted by Gasteiger charge is -2.53. The number of hydrogen-bond acceptors (Lipinski definition) is 5. The Hall–Kier alpha value is -2.34. The van der Waals surface area contributed by atoms with Gasteiger partial charge in [0.1, 0.15) is 12.4 Å². The van der Waals surface area contributed by atoms with Crippen LogP contribution in [0, 0.1) is 11.8 Å². The Kier molecular flexibility index (Phi) is 3.19. The second-order valence-corrected chi connectivity index (χ2v) is 8.87. The van der Waals surface area contributed by atoms with E-state index in [0.717, 1.165) is 30.6 Å². The van der Waals surface area contributed by atoms with Crippen LogP contribution in [0.4, 0.5) is 5.69 Å². The molecule has 28 heavy (non-hydrogen) atoms. The van der Waals surface area contributed by atoms with Gasteiger partial charge < -0.3 is 19.3 Å². The molecular formula is C22H24N2O4. The Morgan fingerprint density at radius 3 is 2.89 bits per heavy atom. The smallest absolute Gasteiger partial charge is 0.338 e. The van der Waals surface area contributed by atoms with Crippen LogP contribution in [0.1, 0.15) is 25.3 Å². The molecule has 2 fully saturated rings. The predicted molar refractivity (Wildman–Crippen MR) is 102 cm³/mol. The lowest BCUT2D eigenvalue weighted by atomic mass is 9.56. The van der Waals surface area contributed by atoms with Crippen LogP contribution in [0.5, 0.6) is 0 Å². The fraction of sp³-hybridized carbons (Fsp3) is 0.545. The molecule has 1 aromatic carbocycles. The number of rotatable bonds is 0. The van der Waals surface area contributed by atoms with Crippen molar-refractivity contribution in [3.05, 3.63) is 41.2 Å². The van der Waals surface area contributed by atoms with Crippen LogP contribution in [0.2, 0.25) is 0 Å². The van der Waals surface area contributed by atoms with E-state index in [0.29, 0.717) is 18.4 Å². The number of benzene rings is 1. The van der Waals surface area contributed by atoms with Crippen molar-refractivity contribution in [2.75, 3.05) is 31.7 Å². The molecule has 1 spiro atoms. The highest BCUT2D eigenvalue weighted by Gasteiger charge is 2.67. The molecule has 6 rings (SSSR count). The van der Waals surface area contributed by atoms with Crippen LogP contribution in [0.3, 0.4) is 0 Å². The molecule has 5 atom stereocenters. The molecule has 1 aliphatic carbocycles. The molecule has 5 aliphatic rings. The highest BCUT2D eigenvalue weighted by Crippen LogP contribution is 2.62. The molecule has 6 heteroatoms. The van der Waals surface area contributed by atoms with Gasteiger partial charge in [-0.1, -0.05) is 18.2 Å². The maximum atomic E-state index is 12.9. The summed E-state index contributed by atoms with van der Waals surface area (Å²) in [6.07, 6.45) is 1.94. The highest BCUT2D eigenvalue weighted by molar-refractivity contribution is 5.97. The van der Waals surface area contributed by atoms with E-state index < -0.39 is 0 Å². The van der Waals surface area contributed by atoms with Gasteiger partial charge in [-0.3, -0.25) is 4.79 Å². The van der Waals surface area contributed by atoms with E-state index in [4.69, 9.17) is 9.47 Å². The summed E-state index contributed by atoms with van der Waals surface area (Å²) in [4.78, 5) is 29.8. The number of ether oxygens (including phenoxy) is 2. The summed E-state index contributed by atoms with van der Waals surface area (Å²) in [5.74, 6) is 0.728. The Morgan fingerprint density at radius 1 is 1.25 bits per heavy atom. The van der Waals surface area contributed by atoms with E-state index in [2.05, 4.69) is 30.1 Å². The summed E-state index contributed by atoms with van der Waals surface area (Å²) >= 11 is 0. The van der Waals surface area contributed by atoms with Gasteiger partial charge in [0.25, 0.3) is 0 Å². The quantitative estimate of drug-likeness (QED) is 0.643. The molecule has 0 aromatic heterocycles. The Labute approximate surface area is 164 Å². The number of likely N-dealkylation sites (N-methyl/N-ethyl adjacent to an activating group) is 1. The van der Waals surface area contributed by atoms with Crippen molar-refractivity contribution in [2.24, 2.45) is 11.8 Å². The van der Waals surface area contributed by atoms with Crippen molar-refractivity contribution in [1.82, 2.24) is 4.90 Å². The van der Waals surface area contributed by atoms with Gasteiger partial charge in [-0.05, 0) is 38.1 Å². The van der Waals surface area contributed by atoms with Gasteiger partial charge in [0.05, 0.1) is 18.2 Å². The van der Waals surface area contributed by atoms with Gasteiger partial charge >= 0.3 is 5.97 Å². The summed E-state index contributed by atoms with van der Waals surface area (Å²) in [5, 5.41) is 0. The predicted octanol–water partition coefficient (Wildman–Crippen LogP) is 1.84. The number of likely N-dealkylation sites (tertiary alicyclic amines) is 1. The van der Waals surface area contributed by atoms with Crippen molar-refractivity contribution in [1.29, 1.82) is 0 Å². The van der Waals surface area contributed by atoms with Crippen LogP contribution in [0.25, 0.3) is 0 Å². The Bertz CT molecular complexity index is 940. The number of amides is 1. The lowest BCUT2D eigenvalue weighted by Crippen LogP contribution is -2.63. The van der Waals surface area contributed by atoms with Crippen LogP contribution >= 0.6 is 0 Å². The molecular weight excluding hydrogens is 356 g/mol. The number of carbonyl (C=O) groups excluding carboxylic acids is 2. The molecule has 4 aliphatic heterocycles. The van der Waals surface area contributed by atoms with Gasteiger partial charge in [-0.15, -0.1) is 0 Å². The zero-order valence-electron chi connectivity index (χ0n) is 16.2. The van der Waals surface area contributed by atoms with Gasteiger partial charge in [0.15, 0.2) is 0 Å². The van der Waals surface area contributed by atoms with E-state index in [9.17, 15) is 9.59 Å². The van der Waals surface area contributed by atoms with Crippen molar-refractivity contribution >= 4 is 17.6 Å². The third-order valence-electron chi connectivity index (χ3n) is 7.89. The molecule has 1 unspecified atom stereocenters. The van der Waals surface area contributed by atoms with E-state index in [1.807, 2.05) is 11.0 Å². The molecule has 1 saturated carbocycles. The molecule has 146 valence electrons. The summed E-state index contributed by atoms with van der Waals surface area (Å²) < 4.78 is 11.3. The summed E-state index contributed by atoms with van der Waals surface area (Å²) in [7, 11) is 2.18. The first-order chi connectivity index (χ1) is 13.5. The maximum Gasteiger partial charge on any atom is 0.338 e. The maximum absolute atomic E-state index is 12.9. The van der Waals surface area contributed by atoms with E-state index in [1.54, 1.807) is 6.92 Å². The van der Waals surface area contributed by atoms with E-state index in [1.165, 1.54) is 5.56 Å². The highest BCUT2D eigenvalue weighted by atomic mass is 16.6. The average molecular weight is 380 g/mol. The first-order valence-corrected chi connectivity index (χ1v) is 10.2. The number of para-hydroxylation sites is 1. The molecule has 1 amide bonds. The van der Waals surface area contributed by atoms with Crippen molar-refractivity contribution in [3.63, 3.8) is 0 Å². The minimum absolute atomic E-state index is 0.0125. The Balaban J connectivity index is 1.57. The molecule has 0 N–H and O–H groups in total. The minimum atomic E-state index is -0.234. The molecule has 4 heterocycles. The van der Waals surface area contributed by atoms with Crippen LogP contribution < -0.4 is 4.90 Å². The summed E-state index contributed by atoms with van der Waals surface area (Å²) in [6, 6.07) is 8.69. The minimum Gasteiger partial charge on any atom is -0.493 e. The number of cyclic esters (lactones) is 1. The summed E-state index contributed by atoms with van der Waals surface area (Å²) in [5.41, 5.74) is 2.96. The summed E-state index contributed by atoms with van der Waals surface area (Å²) in [6.45, 7) is 3.45. The monoisotopic (exact) mass is 380 g/mol. The first kappa shape index (κ1) is 16.6.